The molecule has 28 heavy (non-hydrogen) atoms. The molecule has 4 rings (SSSR count). The van der Waals surface area contributed by atoms with E-state index in [9.17, 15) is 0 Å². The molecule has 0 aliphatic carbocycles. The second-order valence-corrected chi connectivity index (χ2v) is 8.07. The Morgan fingerprint density at radius 1 is 1.11 bits per heavy atom. The first kappa shape index (κ1) is 18.4. The van der Waals surface area contributed by atoms with Gasteiger partial charge in [-0.15, -0.1) is 11.3 Å². The first-order chi connectivity index (χ1) is 13.5. The van der Waals surface area contributed by atoms with Gasteiger partial charge in [-0.2, -0.15) is 0 Å². The average molecular weight is 390 g/mol. The van der Waals surface area contributed by atoms with E-state index >= 15 is 0 Å². The Morgan fingerprint density at radius 2 is 1.96 bits per heavy atom. The largest absolute Gasteiger partial charge is 0.331 e. The molecule has 0 atom stereocenters. The van der Waals surface area contributed by atoms with Gasteiger partial charge in [0.2, 0.25) is 0 Å². The Labute approximate surface area is 169 Å². The second-order valence-electron chi connectivity index (χ2n) is 7.22. The van der Waals surface area contributed by atoms with Gasteiger partial charge in [0.25, 0.3) is 0 Å². The summed E-state index contributed by atoms with van der Waals surface area (Å²) in [5, 5.41) is 6.44. The van der Waals surface area contributed by atoms with Crippen molar-refractivity contribution in [3.8, 4) is 17.1 Å². The highest BCUT2D eigenvalue weighted by Gasteiger charge is 2.11. The van der Waals surface area contributed by atoms with E-state index in [1.165, 1.54) is 16.7 Å². The van der Waals surface area contributed by atoms with Gasteiger partial charge in [-0.05, 0) is 54.7 Å². The van der Waals surface area contributed by atoms with Gasteiger partial charge < -0.3 is 5.32 Å². The van der Waals surface area contributed by atoms with Gasteiger partial charge in [0.1, 0.15) is 12.1 Å². The number of aromatic nitrogens is 4. The number of hydrogen-bond acceptors (Lipinski definition) is 5. The molecule has 0 saturated carbocycles. The average Bonchev–Trinajstić information content (AvgIpc) is 3.36. The molecule has 3 heterocycles. The van der Waals surface area contributed by atoms with Crippen molar-refractivity contribution < 1.29 is 0 Å². The number of nitrogens with zero attached hydrogens (tertiary/aromatic N) is 4. The molecule has 142 valence electrons. The Bertz CT molecular complexity index is 1080. The van der Waals surface area contributed by atoms with Gasteiger partial charge in [0.15, 0.2) is 5.13 Å². The predicted octanol–water partition coefficient (Wildman–Crippen LogP) is 5.87. The SMILES string of the molecule is Cc1cc(C)c(C(C)C)cc1Nc1nc(-c2ccc(-n3ccnc3)nc2)cs1. The number of hydrogen-bond donors (Lipinski definition) is 1. The topological polar surface area (TPSA) is 55.6 Å². The Hall–Kier alpha value is -2.99. The van der Waals surface area contributed by atoms with Crippen LogP contribution in [-0.2, 0) is 0 Å². The summed E-state index contributed by atoms with van der Waals surface area (Å²) >= 11 is 1.60. The van der Waals surface area contributed by atoms with E-state index < -0.39 is 0 Å². The highest BCUT2D eigenvalue weighted by molar-refractivity contribution is 7.14. The lowest BCUT2D eigenvalue weighted by Crippen LogP contribution is -1.99. The van der Waals surface area contributed by atoms with Crippen molar-refractivity contribution in [1.29, 1.82) is 0 Å². The Morgan fingerprint density at radius 3 is 2.64 bits per heavy atom. The highest BCUT2D eigenvalue weighted by atomic mass is 32.1. The minimum atomic E-state index is 0.494. The molecular weight excluding hydrogens is 366 g/mol. The van der Waals surface area contributed by atoms with Crippen LogP contribution in [-0.4, -0.2) is 19.5 Å². The van der Waals surface area contributed by atoms with Crippen LogP contribution in [0.5, 0.6) is 0 Å². The Kier molecular flexibility index (Phi) is 4.96. The molecule has 1 aromatic carbocycles. The van der Waals surface area contributed by atoms with Crippen molar-refractivity contribution in [2.24, 2.45) is 0 Å². The van der Waals surface area contributed by atoms with Crippen LogP contribution in [0.25, 0.3) is 17.1 Å². The Balaban J connectivity index is 1.56. The third kappa shape index (κ3) is 3.68. The maximum Gasteiger partial charge on any atom is 0.187 e. The van der Waals surface area contributed by atoms with Crippen molar-refractivity contribution in [3.05, 3.63) is 71.3 Å². The number of imidazole rings is 1. The first-order valence-corrected chi connectivity index (χ1v) is 10.2. The number of benzene rings is 1. The summed E-state index contributed by atoms with van der Waals surface area (Å²) in [4.78, 5) is 13.3. The van der Waals surface area contributed by atoms with Gasteiger partial charge >= 0.3 is 0 Å². The standard InChI is InChI=1S/C22H23N5S/c1-14(2)18-10-19(16(4)9-15(18)3)25-22-26-20(12-28-22)17-5-6-21(24-11-17)27-8-7-23-13-27/h5-14H,1-4H3,(H,25,26). The van der Waals surface area contributed by atoms with Crippen molar-refractivity contribution in [2.75, 3.05) is 5.32 Å². The minimum absolute atomic E-state index is 0.494. The van der Waals surface area contributed by atoms with Gasteiger partial charge in [-0.25, -0.2) is 15.0 Å². The van der Waals surface area contributed by atoms with E-state index in [0.29, 0.717) is 5.92 Å². The first-order valence-electron chi connectivity index (χ1n) is 9.29. The zero-order chi connectivity index (χ0) is 19.7. The van der Waals surface area contributed by atoms with Crippen LogP contribution in [0.2, 0.25) is 0 Å². The molecule has 5 nitrogen and oxygen atoms in total. The molecule has 0 aliphatic rings. The molecule has 0 spiro atoms. The van der Waals surface area contributed by atoms with Crippen LogP contribution < -0.4 is 5.32 Å². The maximum atomic E-state index is 4.75. The monoisotopic (exact) mass is 389 g/mol. The third-order valence-corrected chi connectivity index (χ3v) is 5.55. The quantitative estimate of drug-likeness (QED) is 0.463. The molecule has 0 radical (unpaired) electrons. The number of thiazole rings is 1. The highest BCUT2D eigenvalue weighted by Crippen LogP contribution is 2.31. The van der Waals surface area contributed by atoms with Gasteiger partial charge in [-0.1, -0.05) is 19.9 Å². The summed E-state index contributed by atoms with van der Waals surface area (Å²) in [7, 11) is 0. The molecule has 4 aromatic rings. The van der Waals surface area contributed by atoms with Crippen molar-refractivity contribution in [1.82, 2.24) is 19.5 Å². The van der Waals surface area contributed by atoms with Crippen LogP contribution in [0.1, 0.15) is 36.5 Å². The number of nitrogens with one attached hydrogen (secondary N) is 1. The summed E-state index contributed by atoms with van der Waals surface area (Å²) in [6.07, 6.45) is 7.21. The van der Waals surface area contributed by atoms with Crippen LogP contribution >= 0.6 is 11.3 Å². The summed E-state index contributed by atoms with van der Waals surface area (Å²) in [6.45, 7) is 8.76. The maximum absolute atomic E-state index is 4.75. The van der Waals surface area contributed by atoms with E-state index in [4.69, 9.17) is 4.98 Å². The summed E-state index contributed by atoms with van der Waals surface area (Å²) in [5.74, 6) is 1.33. The molecule has 0 aliphatic heterocycles. The van der Waals surface area contributed by atoms with Crippen molar-refractivity contribution >= 4 is 22.2 Å². The fourth-order valence-electron chi connectivity index (χ4n) is 3.29. The number of pyridine rings is 1. The summed E-state index contributed by atoms with van der Waals surface area (Å²) in [6, 6.07) is 8.50. The van der Waals surface area contributed by atoms with Crippen LogP contribution in [0.4, 0.5) is 10.8 Å². The van der Waals surface area contributed by atoms with Gasteiger partial charge in [0, 0.05) is 35.2 Å². The molecule has 0 fully saturated rings. The predicted molar refractivity (Wildman–Crippen MR) is 116 cm³/mol. The van der Waals surface area contributed by atoms with Crippen molar-refractivity contribution in [2.45, 2.75) is 33.6 Å². The molecular formula is C22H23N5S. The van der Waals surface area contributed by atoms with E-state index in [0.717, 1.165) is 27.9 Å². The zero-order valence-electron chi connectivity index (χ0n) is 16.5. The normalized spacial score (nSPS) is 11.2. The third-order valence-electron chi connectivity index (χ3n) is 4.79. The summed E-state index contributed by atoms with van der Waals surface area (Å²) in [5.41, 5.74) is 6.96. The van der Waals surface area contributed by atoms with E-state index in [2.05, 4.69) is 60.5 Å². The van der Waals surface area contributed by atoms with E-state index in [-0.39, 0.29) is 0 Å². The molecule has 3 aromatic heterocycles. The zero-order valence-corrected chi connectivity index (χ0v) is 17.3. The molecule has 1 N–H and O–H groups in total. The molecule has 6 heteroatoms. The molecule has 0 unspecified atom stereocenters. The summed E-state index contributed by atoms with van der Waals surface area (Å²) < 4.78 is 1.88. The minimum Gasteiger partial charge on any atom is -0.331 e. The van der Waals surface area contributed by atoms with Gasteiger partial charge in [-0.3, -0.25) is 4.57 Å². The van der Waals surface area contributed by atoms with Gasteiger partial charge in [0.05, 0.1) is 5.69 Å². The van der Waals surface area contributed by atoms with Crippen LogP contribution in [0.3, 0.4) is 0 Å². The van der Waals surface area contributed by atoms with E-state index in [1.807, 2.05) is 29.1 Å². The number of rotatable bonds is 5. The van der Waals surface area contributed by atoms with Crippen molar-refractivity contribution in [3.63, 3.8) is 0 Å². The lowest BCUT2D eigenvalue weighted by molar-refractivity contribution is 0.856. The van der Waals surface area contributed by atoms with Crippen LogP contribution in [0, 0.1) is 13.8 Å². The molecule has 0 amide bonds. The molecule has 0 bridgehead atoms. The fourth-order valence-corrected chi connectivity index (χ4v) is 4.02. The lowest BCUT2D eigenvalue weighted by Gasteiger charge is -2.15. The fraction of sp³-hybridized carbons (Fsp3) is 0.227. The van der Waals surface area contributed by atoms with Crippen LogP contribution in [0.15, 0.2) is 54.6 Å². The van der Waals surface area contributed by atoms with E-state index in [1.54, 1.807) is 23.9 Å². The number of anilines is 2. The lowest BCUT2D eigenvalue weighted by atomic mass is 9.95. The second kappa shape index (κ2) is 7.56. The number of aryl methyl sites for hydroxylation is 2. The smallest absolute Gasteiger partial charge is 0.187 e. The molecule has 0 saturated heterocycles.